The fourth-order valence-electron chi connectivity index (χ4n) is 2.96. The highest BCUT2D eigenvalue weighted by atomic mass is 16.6. The second-order valence-corrected chi connectivity index (χ2v) is 4.64. The Bertz CT molecular complexity index is 365. The molecule has 0 bridgehead atoms. The van der Waals surface area contributed by atoms with E-state index in [1.807, 2.05) is 0 Å². The molecule has 88 valence electrons. The van der Waals surface area contributed by atoms with Crippen molar-refractivity contribution >= 4 is 6.09 Å². The van der Waals surface area contributed by atoms with Gasteiger partial charge in [-0.2, -0.15) is 0 Å². The molecule has 1 aliphatic carbocycles. The topological polar surface area (TPSA) is 70.0 Å². The fraction of sp³-hybridized carbons (Fsp3) is 0.727. The van der Waals surface area contributed by atoms with Crippen molar-refractivity contribution in [3.8, 4) is 0 Å². The molecule has 3 atom stereocenters. The SMILES string of the molecule is O=C1OC[C@H]2C3=C(CCN12)C(O)C(O)CC3. The number of amides is 1. The zero-order chi connectivity index (χ0) is 11.3. The maximum absolute atomic E-state index is 11.4. The molecule has 2 unspecified atom stereocenters. The molecule has 0 spiro atoms. The number of carbonyl (C=O) groups is 1. The molecule has 2 aliphatic heterocycles. The minimum Gasteiger partial charge on any atom is -0.447 e. The molecule has 0 aromatic rings. The number of carbonyl (C=O) groups excluding carboxylic acids is 1. The highest BCUT2D eigenvalue weighted by molar-refractivity contribution is 5.71. The second kappa shape index (κ2) is 3.46. The molecule has 5 heteroatoms. The summed E-state index contributed by atoms with van der Waals surface area (Å²) >= 11 is 0. The van der Waals surface area contributed by atoms with E-state index in [4.69, 9.17) is 4.74 Å². The van der Waals surface area contributed by atoms with Crippen LogP contribution < -0.4 is 0 Å². The Hall–Kier alpha value is -1.07. The standard InChI is InChI=1S/C11H15NO4/c13-9-2-1-6-7(10(9)14)3-4-12-8(6)5-16-11(12)15/h8-10,13-14H,1-5H2/t8-,9?,10?/m0/s1. The van der Waals surface area contributed by atoms with Gasteiger partial charge in [-0.25, -0.2) is 4.79 Å². The van der Waals surface area contributed by atoms with E-state index in [9.17, 15) is 15.0 Å². The van der Waals surface area contributed by atoms with Crippen LogP contribution in [-0.2, 0) is 4.74 Å². The zero-order valence-corrected chi connectivity index (χ0v) is 8.93. The van der Waals surface area contributed by atoms with Gasteiger partial charge in [0, 0.05) is 6.54 Å². The molecule has 1 saturated heterocycles. The van der Waals surface area contributed by atoms with Crippen LogP contribution >= 0.6 is 0 Å². The highest BCUT2D eigenvalue weighted by Gasteiger charge is 2.43. The van der Waals surface area contributed by atoms with Gasteiger partial charge in [-0.15, -0.1) is 0 Å². The summed E-state index contributed by atoms with van der Waals surface area (Å²) in [4.78, 5) is 13.1. The van der Waals surface area contributed by atoms with Crippen molar-refractivity contribution in [2.45, 2.75) is 37.5 Å². The summed E-state index contributed by atoms with van der Waals surface area (Å²) in [7, 11) is 0. The maximum Gasteiger partial charge on any atom is 0.410 e. The molecule has 0 aromatic carbocycles. The molecule has 1 amide bonds. The summed E-state index contributed by atoms with van der Waals surface area (Å²) in [5, 5.41) is 19.5. The van der Waals surface area contributed by atoms with Crippen LogP contribution in [0.3, 0.4) is 0 Å². The van der Waals surface area contributed by atoms with Crippen LogP contribution in [0.15, 0.2) is 11.1 Å². The van der Waals surface area contributed by atoms with Gasteiger partial charge in [-0.05, 0) is 30.4 Å². The maximum atomic E-state index is 11.4. The monoisotopic (exact) mass is 225 g/mol. The summed E-state index contributed by atoms with van der Waals surface area (Å²) < 4.78 is 5.02. The van der Waals surface area contributed by atoms with Crippen LogP contribution in [0.4, 0.5) is 4.79 Å². The number of hydrogen-bond acceptors (Lipinski definition) is 4. The first-order valence-corrected chi connectivity index (χ1v) is 5.70. The van der Waals surface area contributed by atoms with Gasteiger partial charge in [0.15, 0.2) is 0 Å². The number of ether oxygens (including phenoxy) is 1. The molecular weight excluding hydrogens is 210 g/mol. The van der Waals surface area contributed by atoms with Gasteiger partial charge in [-0.1, -0.05) is 0 Å². The van der Waals surface area contributed by atoms with Crippen molar-refractivity contribution in [2.24, 2.45) is 0 Å². The number of fused-ring (bicyclic) bond motifs is 2. The smallest absolute Gasteiger partial charge is 0.410 e. The normalized spacial score (nSPS) is 38.2. The van der Waals surface area contributed by atoms with E-state index < -0.39 is 12.2 Å². The molecule has 3 aliphatic rings. The quantitative estimate of drug-likeness (QED) is 0.570. The lowest BCUT2D eigenvalue weighted by molar-refractivity contribution is 0.0223. The van der Waals surface area contributed by atoms with Gasteiger partial charge in [0.2, 0.25) is 0 Å². The first kappa shape index (κ1) is 10.1. The third-order valence-corrected chi connectivity index (χ3v) is 3.84. The molecule has 0 radical (unpaired) electrons. The average Bonchev–Trinajstić information content (AvgIpc) is 2.66. The lowest BCUT2D eigenvalue weighted by Crippen LogP contribution is -2.45. The Morgan fingerprint density at radius 1 is 1.25 bits per heavy atom. The molecule has 2 heterocycles. The zero-order valence-electron chi connectivity index (χ0n) is 8.93. The van der Waals surface area contributed by atoms with E-state index in [-0.39, 0.29) is 12.1 Å². The second-order valence-electron chi connectivity index (χ2n) is 4.64. The summed E-state index contributed by atoms with van der Waals surface area (Å²) in [5.74, 6) is 0. The van der Waals surface area contributed by atoms with Crippen molar-refractivity contribution < 1.29 is 19.7 Å². The fourth-order valence-corrected chi connectivity index (χ4v) is 2.96. The number of aliphatic hydroxyl groups is 2. The van der Waals surface area contributed by atoms with Crippen LogP contribution in [0.2, 0.25) is 0 Å². The number of aliphatic hydroxyl groups excluding tert-OH is 2. The summed E-state index contributed by atoms with van der Waals surface area (Å²) in [6.45, 7) is 0.979. The Morgan fingerprint density at radius 3 is 2.88 bits per heavy atom. The number of nitrogens with zero attached hydrogens (tertiary/aromatic N) is 1. The van der Waals surface area contributed by atoms with Crippen molar-refractivity contribution in [3.05, 3.63) is 11.1 Å². The molecule has 0 aromatic heterocycles. The van der Waals surface area contributed by atoms with E-state index in [0.29, 0.717) is 26.0 Å². The van der Waals surface area contributed by atoms with Gasteiger partial charge >= 0.3 is 6.09 Å². The minimum absolute atomic E-state index is 0.00148. The van der Waals surface area contributed by atoms with Crippen molar-refractivity contribution in [1.82, 2.24) is 4.90 Å². The largest absolute Gasteiger partial charge is 0.447 e. The van der Waals surface area contributed by atoms with Crippen LogP contribution in [0, 0.1) is 0 Å². The van der Waals surface area contributed by atoms with Gasteiger partial charge in [-0.3, -0.25) is 4.90 Å². The van der Waals surface area contributed by atoms with Crippen LogP contribution in [0.25, 0.3) is 0 Å². The number of rotatable bonds is 0. The molecule has 2 N–H and O–H groups in total. The van der Waals surface area contributed by atoms with Crippen LogP contribution in [-0.4, -0.2) is 52.6 Å². The molecule has 5 nitrogen and oxygen atoms in total. The molecular formula is C11H15NO4. The summed E-state index contributed by atoms with van der Waals surface area (Å²) in [6, 6.07) is -0.00148. The summed E-state index contributed by atoms with van der Waals surface area (Å²) in [5.41, 5.74) is 2.04. The predicted molar refractivity (Wildman–Crippen MR) is 54.7 cm³/mol. The van der Waals surface area contributed by atoms with Gasteiger partial charge < -0.3 is 14.9 Å². The van der Waals surface area contributed by atoms with E-state index in [2.05, 4.69) is 0 Å². The Morgan fingerprint density at radius 2 is 2.06 bits per heavy atom. The lowest BCUT2D eigenvalue weighted by atomic mass is 9.80. The summed E-state index contributed by atoms with van der Waals surface area (Å²) in [6.07, 6.45) is 0.324. The van der Waals surface area contributed by atoms with Gasteiger partial charge in [0.25, 0.3) is 0 Å². The lowest BCUT2D eigenvalue weighted by Gasteiger charge is -2.38. The van der Waals surface area contributed by atoms with Crippen molar-refractivity contribution in [1.29, 1.82) is 0 Å². The Balaban J connectivity index is 1.95. The van der Waals surface area contributed by atoms with Crippen molar-refractivity contribution in [2.75, 3.05) is 13.2 Å². The highest BCUT2D eigenvalue weighted by Crippen LogP contribution is 2.37. The number of cyclic esters (lactones) is 1. The van der Waals surface area contributed by atoms with E-state index in [0.717, 1.165) is 17.6 Å². The van der Waals surface area contributed by atoms with E-state index >= 15 is 0 Å². The molecule has 0 saturated carbocycles. The molecule has 3 rings (SSSR count). The number of hydrogen-bond donors (Lipinski definition) is 2. The predicted octanol–water partition coefficient (Wildman–Crippen LogP) is 0.0231. The first-order valence-electron chi connectivity index (χ1n) is 5.70. The Kier molecular flexibility index (Phi) is 2.19. The third-order valence-electron chi connectivity index (χ3n) is 3.84. The minimum atomic E-state index is -0.749. The first-order chi connectivity index (χ1) is 7.68. The third kappa shape index (κ3) is 1.28. The molecule has 16 heavy (non-hydrogen) atoms. The molecule has 1 fully saturated rings. The average molecular weight is 225 g/mol. The van der Waals surface area contributed by atoms with E-state index in [1.165, 1.54) is 0 Å². The van der Waals surface area contributed by atoms with Crippen LogP contribution in [0.5, 0.6) is 0 Å². The van der Waals surface area contributed by atoms with Gasteiger partial charge in [0.1, 0.15) is 12.7 Å². The van der Waals surface area contributed by atoms with Gasteiger partial charge in [0.05, 0.1) is 12.1 Å². The Labute approximate surface area is 93.3 Å². The van der Waals surface area contributed by atoms with Crippen LogP contribution in [0.1, 0.15) is 19.3 Å². The van der Waals surface area contributed by atoms with E-state index in [1.54, 1.807) is 4.90 Å². The van der Waals surface area contributed by atoms with Crippen molar-refractivity contribution in [3.63, 3.8) is 0 Å².